The molecule has 1 aromatic heterocycles. The van der Waals surface area contributed by atoms with Gasteiger partial charge >= 0.3 is 0 Å². The molecule has 0 atom stereocenters. The van der Waals surface area contributed by atoms with Crippen molar-refractivity contribution in [2.45, 2.75) is 11.3 Å². The maximum atomic E-state index is 5.90. The van der Waals surface area contributed by atoms with E-state index in [1.165, 1.54) is 4.90 Å². The van der Waals surface area contributed by atoms with E-state index in [0.717, 1.165) is 23.8 Å². The Morgan fingerprint density at radius 3 is 2.57 bits per heavy atom. The maximum Gasteiger partial charge on any atom is 0.228 e. The Hall–Kier alpha value is -2.51. The summed E-state index contributed by atoms with van der Waals surface area (Å²) in [5.74, 6) is 2.85. The Kier molecular flexibility index (Phi) is 7.75. The van der Waals surface area contributed by atoms with Crippen LogP contribution in [0.2, 0.25) is 5.02 Å². The first kappa shape index (κ1) is 20.2. The number of rotatable bonds is 8. The van der Waals surface area contributed by atoms with Crippen LogP contribution in [0.4, 0.5) is 0 Å². The molecule has 146 valence electrons. The zero-order valence-electron chi connectivity index (χ0n) is 15.6. The molecule has 0 fully saturated rings. The van der Waals surface area contributed by atoms with Gasteiger partial charge in [-0.15, -0.1) is 11.8 Å². The molecule has 0 aliphatic heterocycles. The van der Waals surface area contributed by atoms with Crippen LogP contribution in [0.15, 0.2) is 69.0 Å². The lowest BCUT2D eigenvalue weighted by molar-refractivity contribution is 0.378. The van der Waals surface area contributed by atoms with Crippen molar-refractivity contribution in [2.24, 2.45) is 4.99 Å². The number of benzene rings is 2. The van der Waals surface area contributed by atoms with Crippen molar-refractivity contribution in [2.75, 3.05) is 25.9 Å². The highest BCUT2D eigenvalue weighted by atomic mass is 35.5. The number of hydrogen-bond acceptors (Lipinski definition) is 5. The van der Waals surface area contributed by atoms with Crippen LogP contribution in [0.25, 0.3) is 11.4 Å². The van der Waals surface area contributed by atoms with E-state index in [1.54, 1.807) is 19.2 Å². The molecule has 0 aliphatic rings. The summed E-state index contributed by atoms with van der Waals surface area (Å²) in [7, 11) is 1.75. The Balaban J connectivity index is 1.38. The number of nitrogens with one attached hydrogen (secondary N) is 2. The Bertz CT molecular complexity index is 883. The number of halogens is 1. The fourth-order valence-electron chi connectivity index (χ4n) is 2.44. The van der Waals surface area contributed by atoms with Gasteiger partial charge in [0.05, 0.1) is 0 Å². The molecule has 0 saturated heterocycles. The van der Waals surface area contributed by atoms with Crippen LogP contribution in [0.5, 0.6) is 0 Å². The standard InChI is InChI=1S/C20H22ClN5OS/c1-22-20(24-13-14-28-17-5-3-2-4-6-17)23-12-11-18-25-19(26-27-18)15-7-9-16(21)10-8-15/h2-10H,11-14H2,1H3,(H2,22,23,24). The molecule has 28 heavy (non-hydrogen) atoms. The Labute approximate surface area is 173 Å². The second-order valence-electron chi connectivity index (χ2n) is 5.86. The highest BCUT2D eigenvalue weighted by Crippen LogP contribution is 2.18. The summed E-state index contributed by atoms with van der Waals surface area (Å²) in [6.45, 7) is 1.47. The van der Waals surface area contributed by atoms with E-state index in [9.17, 15) is 0 Å². The van der Waals surface area contributed by atoms with E-state index >= 15 is 0 Å². The van der Waals surface area contributed by atoms with Crippen molar-refractivity contribution < 1.29 is 4.52 Å². The minimum atomic E-state index is 0.562. The lowest BCUT2D eigenvalue weighted by Gasteiger charge is -2.10. The summed E-state index contributed by atoms with van der Waals surface area (Å²) < 4.78 is 5.31. The molecule has 0 radical (unpaired) electrons. The van der Waals surface area contributed by atoms with Crippen molar-refractivity contribution in [3.63, 3.8) is 0 Å². The molecule has 1 heterocycles. The van der Waals surface area contributed by atoms with E-state index < -0.39 is 0 Å². The number of thioether (sulfide) groups is 1. The van der Waals surface area contributed by atoms with Gasteiger partial charge in [0.2, 0.25) is 11.7 Å². The van der Waals surface area contributed by atoms with E-state index in [2.05, 4.69) is 37.9 Å². The monoisotopic (exact) mass is 415 g/mol. The second-order valence-corrected chi connectivity index (χ2v) is 7.46. The van der Waals surface area contributed by atoms with Gasteiger partial charge in [0.25, 0.3) is 0 Å². The van der Waals surface area contributed by atoms with Crippen LogP contribution in [0.1, 0.15) is 5.89 Å². The normalized spacial score (nSPS) is 11.4. The van der Waals surface area contributed by atoms with Crippen molar-refractivity contribution in [1.82, 2.24) is 20.8 Å². The largest absolute Gasteiger partial charge is 0.356 e. The van der Waals surface area contributed by atoms with Crippen molar-refractivity contribution >= 4 is 29.3 Å². The van der Waals surface area contributed by atoms with Crippen LogP contribution in [-0.2, 0) is 6.42 Å². The molecule has 0 aliphatic carbocycles. The quantitative estimate of drug-likeness (QED) is 0.251. The van der Waals surface area contributed by atoms with Gasteiger partial charge in [0.1, 0.15) is 0 Å². The summed E-state index contributed by atoms with van der Waals surface area (Å²) >= 11 is 7.71. The molecule has 8 heteroatoms. The molecule has 0 amide bonds. The Morgan fingerprint density at radius 1 is 1.07 bits per heavy atom. The van der Waals surface area contributed by atoms with Crippen molar-refractivity contribution in [3.05, 3.63) is 65.5 Å². The minimum absolute atomic E-state index is 0.562. The maximum absolute atomic E-state index is 5.90. The summed E-state index contributed by atoms with van der Waals surface area (Å²) in [6.07, 6.45) is 0.611. The molecule has 6 nitrogen and oxygen atoms in total. The molecular formula is C20H22ClN5OS. The van der Waals surface area contributed by atoms with Crippen molar-refractivity contribution in [3.8, 4) is 11.4 Å². The lowest BCUT2D eigenvalue weighted by atomic mass is 10.2. The molecule has 0 unspecified atom stereocenters. The fraction of sp³-hybridized carbons (Fsp3) is 0.250. The van der Waals surface area contributed by atoms with Gasteiger partial charge in [-0.3, -0.25) is 4.99 Å². The van der Waals surface area contributed by atoms with Gasteiger partial charge in [-0.05, 0) is 36.4 Å². The third kappa shape index (κ3) is 6.28. The topological polar surface area (TPSA) is 75.3 Å². The molecule has 0 spiro atoms. The van der Waals surface area contributed by atoms with Crippen LogP contribution in [0.3, 0.4) is 0 Å². The number of aliphatic imine (C=N–C) groups is 1. The lowest BCUT2D eigenvalue weighted by Crippen LogP contribution is -2.39. The van der Waals surface area contributed by atoms with Gasteiger partial charge < -0.3 is 15.2 Å². The second kappa shape index (κ2) is 10.7. The van der Waals surface area contributed by atoms with Gasteiger partial charge in [-0.25, -0.2) is 0 Å². The summed E-state index contributed by atoms with van der Waals surface area (Å²) in [6, 6.07) is 17.7. The van der Waals surface area contributed by atoms with E-state index in [0.29, 0.717) is 29.7 Å². The summed E-state index contributed by atoms with van der Waals surface area (Å²) in [5.41, 5.74) is 0.876. The SMILES string of the molecule is CN=C(NCCSc1ccccc1)NCCc1nc(-c2ccc(Cl)cc2)no1. The van der Waals surface area contributed by atoms with E-state index in [-0.39, 0.29) is 0 Å². The average molecular weight is 416 g/mol. The van der Waals surface area contributed by atoms with Crippen LogP contribution in [0, 0.1) is 0 Å². The number of guanidine groups is 1. The van der Waals surface area contributed by atoms with Crippen molar-refractivity contribution in [1.29, 1.82) is 0 Å². The molecule has 2 aromatic carbocycles. The van der Waals surface area contributed by atoms with Crippen LogP contribution >= 0.6 is 23.4 Å². The van der Waals surface area contributed by atoms with Crippen LogP contribution in [-0.4, -0.2) is 42.0 Å². The third-order valence-corrected chi connectivity index (χ3v) is 5.10. The average Bonchev–Trinajstić information content (AvgIpc) is 3.20. The summed E-state index contributed by atoms with van der Waals surface area (Å²) in [5, 5.41) is 11.3. The highest BCUT2D eigenvalue weighted by molar-refractivity contribution is 7.99. The third-order valence-electron chi connectivity index (χ3n) is 3.83. The molecule has 0 bridgehead atoms. The van der Waals surface area contributed by atoms with Crippen LogP contribution < -0.4 is 10.6 Å². The fourth-order valence-corrected chi connectivity index (χ4v) is 3.35. The van der Waals surface area contributed by atoms with Gasteiger partial charge in [-0.2, -0.15) is 4.98 Å². The highest BCUT2D eigenvalue weighted by Gasteiger charge is 2.08. The van der Waals surface area contributed by atoms with E-state index in [1.807, 2.05) is 42.1 Å². The number of hydrogen-bond donors (Lipinski definition) is 2. The first-order valence-electron chi connectivity index (χ1n) is 8.95. The first-order valence-corrected chi connectivity index (χ1v) is 10.3. The first-order chi connectivity index (χ1) is 13.7. The zero-order chi connectivity index (χ0) is 19.6. The van der Waals surface area contributed by atoms with Gasteiger partial charge in [-0.1, -0.05) is 35.0 Å². The number of aromatic nitrogens is 2. The molecular weight excluding hydrogens is 394 g/mol. The Morgan fingerprint density at radius 2 is 1.82 bits per heavy atom. The van der Waals surface area contributed by atoms with Gasteiger partial charge in [0, 0.05) is 47.8 Å². The summed E-state index contributed by atoms with van der Waals surface area (Å²) in [4.78, 5) is 9.91. The predicted molar refractivity (Wildman–Crippen MR) is 115 cm³/mol. The zero-order valence-corrected chi connectivity index (χ0v) is 17.1. The molecule has 3 aromatic rings. The van der Waals surface area contributed by atoms with Gasteiger partial charge in [0.15, 0.2) is 5.96 Å². The minimum Gasteiger partial charge on any atom is -0.356 e. The molecule has 0 saturated carbocycles. The predicted octanol–water partition coefficient (Wildman–Crippen LogP) is 3.89. The molecule has 2 N–H and O–H groups in total. The molecule has 3 rings (SSSR count). The smallest absolute Gasteiger partial charge is 0.228 e. The van der Waals surface area contributed by atoms with E-state index in [4.69, 9.17) is 16.1 Å². The number of nitrogens with zero attached hydrogens (tertiary/aromatic N) is 3.